The van der Waals surface area contributed by atoms with Crippen LogP contribution in [0.5, 0.6) is 0 Å². The molecule has 0 unspecified atom stereocenters. The zero-order valence-corrected chi connectivity index (χ0v) is 12.6. The maximum Gasteiger partial charge on any atom is 0.178 e. The van der Waals surface area contributed by atoms with Crippen LogP contribution in [0.3, 0.4) is 0 Å². The second-order valence-electron chi connectivity index (χ2n) is 4.89. The topological polar surface area (TPSA) is 20.7 Å². The van der Waals surface area contributed by atoms with E-state index in [1.165, 1.54) is 19.3 Å². The number of aromatic nitrogens is 2. The Balaban J connectivity index is 2.09. The standard InChI is InChI=1S/C13H15ClN2S2/c1-18-13(6-3-7-13)8-16-10-5-2-4-9(14)11(10)15-12(16)17/h2,4-5H,3,6-8H2,1H3,(H,15,17). The van der Waals surface area contributed by atoms with Gasteiger partial charge in [0.05, 0.1) is 16.1 Å². The van der Waals surface area contributed by atoms with Crippen LogP contribution in [-0.2, 0) is 6.54 Å². The van der Waals surface area contributed by atoms with Gasteiger partial charge >= 0.3 is 0 Å². The molecule has 1 aromatic carbocycles. The van der Waals surface area contributed by atoms with E-state index in [1.54, 1.807) is 0 Å². The minimum atomic E-state index is 0.371. The first-order valence-corrected chi connectivity index (χ1v) is 8.08. The van der Waals surface area contributed by atoms with Crippen molar-refractivity contribution in [3.8, 4) is 0 Å². The number of hydrogen-bond acceptors (Lipinski definition) is 2. The number of rotatable bonds is 3. The van der Waals surface area contributed by atoms with Crippen LogP contribution in [0.25, 0.3) is 11.0 Å². The highest BCUT2D eigenvalue weighted by atomic mass is 35.5. The van der Waals surface area contributed by atoms with Gasteiger partial charge in [0, 0.05) is 11.3 Å². The Bertz CT molecular complexity index is 634. The van der Waals surface area contributed by atoms with Crippen molar-refractivity contribution in [2.75, 3.05) is 6.26 Å². The number of para-hydroxylation sites is 1. The van der Waals surface area contributed by atoms with Crippen molar-refractivity contribution in [1.82, 2.24) is 9.55 Å². The fourth-order valence-corrected chi connectivity index (χ4v) is 4.03. The van der Waals surface area contributed by atoms with Gasteiger partial charge in [-0.3, -0.25) is 0 Å². The summed E-state index contributed by atoms with van der Waals surface area (Å²) in [6.45, 7) is 0.980. The number of nitrogens with zero attached hydrogens (tertiary/aromatic N) is 1. The van der Waals surface area contributed by atoms with Crippen molar-refractivity contribution >= 4 is 46.6 Å². The van der Waals surface area contributed by atoms with Crippen LogP contribution in [0.4, 0.5) is 0 Å². The first kappa shape index (κ1) is 12.6. The summed E-state index contributed by atoms with van der Waals surface area (Å²) in [5.74, 6) is 0. The Labute approximate surface area is 121 Å². The largest absolute Gasteiger partial charge is 0.329 e. The van der Waals surface area contributed by atoms with Gasteiger partial charge in [0.2, 0.25) is 0 Å². The number of nitrogens with one attached hydrogen (secondary N) is 1. The summed E-state index contributed by atoms with van der Waals surface area (Å²) in [4.78, 5) is 3.23. The predicted molar refractivity (Wildman–Crippen MR) is 82.2 cm³/mol. The van der Waals surface area contributed by atoms with E-state index in [0.717, 1.165) is 27.4 Å². The maximum atomic E-state index is 6.20. The van der Waals surface area contributed by atoms with Crippen LogP contribution in [0.2, 0.25) is 5.02 Å². The molecule has 0 atom stereocenters. The monoisotopic (exact) mass is 298 g/mol. The molecule has 96 valence electrons. The molecule has 2 nitrogen and oxygen atoms in total. The highest BCUT2D eigenvalue weighted by molar-refractivity contribution is 8.00. The number of aromatic amines is 1. The molecule has 1 aliphatic rings. The van der Waals surface area contributed by atoms with E-state index < -0.39 is 0 Å². The predicted octanol–water partition coefficient (Wildman–Crippen LogP) is 4.64. The second kappa shape index (κ2) is 4.58. The summed E-state index contributed by atoms with van der Waals surface area (Å²) >= 11 is 13.6. The van der Waals surface area contributed by atoms with E-state index in [4.69, 9.17) is 23.8 Å². The molecule has 18 heavy (non-hydrogen) atoms. The van der Waals surface area contributed by atoms with E-state index in [1.807, 2.05) is 23.9 Å². The van der Waals surface area contributed by atoms with E-state index in [-0.39, 0.29) is 0 Å². The number of hydrogen-bond donors (Lipinski definition) is 1. The molecule has 0 amide bonds. The minimum Gasteiger partial charge on any atom is -0.329 e. The molecular formula is C13H15ClN2S2. The number of H-pyrrole nitrogens is 1. The molecule has 2 aromatic rings. The lowest BCUT2D eigenvalue weighted by atomic mass is 9.84. The Morgan fingerprint density at radius 2 is 2.28 bits per heavy atom. The second-order valence-corrected chi connectivity index (χ2v) is 6.96. The van der Waals surface area contributed by atoms with Crippen LogP contribution in [0, 0.1) is 4.77 Å². The highest BCUT2D eigenvalue weighted by Crippen LogP contribution is 2.44. The van der Waals surface area contributed by atoms with E-state index >= 15 is 0 Å². The van der Waals surface area contributed by atoms with Gasteiger partial charge in [0.15, 0.2) is 4.77 Å². The SMILES string of the molecule is CSC1(Cn2c(=S)[nH]c3c(Cl)cccc32)CCC1. The molecule has 1 aromatic heterocycles. The summed E-state index contributed by atoms with van der Waals surface area (Å²) in [5, 5.41) is 0.740. The Kier molecular flexibility index (Phi) is 3.20. The summed E-state index contributed by atoms with van der Waals surface area (Å²) in [6, 6.07) is 5.96. The van der Waals surface area contributed by atoms with Gasteiger partial charge in [-0.15, -0.1) is 0 Å². The van der Waals surface area contributed by atoms with Crippen molar-refractivity contribution in [2.24, 2.45) is 0 Å². The van der Waals surface area contributed by atoms with Crippen molar-refractivity contribution in [3.05, 3.63) is 28.0 Å². The number of halogens is 1. The summed E-state index contributed by atoms with van der Waals surface area (Å²) in [7, 11) is 0. The summed E-state index contributed by atoms with van der Waals surface area (Å²) < 4.78 is 3.35. The molecule has 3 rings (SSSR count). The van der Waals surface area contributed by atoms with E-state index in [9.17, 15) is 0 Å². The van der Waals surface area contributed by atoms with Crippen molar-refractivity contribution in [3.63, 3.8) is 0 Å². The van der Waals surface area contributed by atoms with Gasteiger partial charge in [0.25, 0.3) is 0 Å². The molecular weight excluding hydrogens is 284 g/mol. The molecule has 0 spiro atoms. The fourth-order valence-electron chi connectivity index (χ4n) is 2.59. The third-order valence-electron chi connectivity index (χ3n) is 3.90. The first-order chi connectivity index (χ1) is 8.65. The third kappa shape index (κ3) is 1.91. The molecule has 1 heterocycles. The van der Waals surface area contributed by atoms with Crippen LogP contribution >= 0.6 is 35.6 Å². The fraction of sp³-hybridized carbons (Fsp3) is 0.462. The van der Waals surface area contributed by atoms with Gasteiger partial charge in [-0.1, -0.05) is 24.1 Å². The quantitative estimate of drug-likeness (QED) is 0.833. The molecule has 1 N–H and O–H groups in total. The summed E-state index contributed by atoms with van der Waals surface area (Å²) in [6.07, 6.45) is 6.09. The highest BCUT2D eigenvalue weighted by Gasteiger charge is 2.37. The van der Waals surface area contributed by atoms with Gasteiger partial charge in [-0.2, -0.15) is 11.8 Å². The normalized spacial score (nSPS) is 17.9. The average molecular weight is 299 g/mol. The third-order valence-corrected chi connectivity index (χ3v) is 5.94. The summed E-state index contributed by atoms with van der Waals surface area (Å²) in [5.41, 5.74) is 2.08. The molecule has 5 heteroatoms. The van der Waals surface area contributed by atoms with Crippen LogP contribution in [0.1, 0.15) is 19.3 Å². The lowest BCUT2D eigenvalue weighted by molar-refractivity contribution is 0.323. The molecule has 1 saturated carbocycles. The molecule has 0 saturated heterocycles. The zero-order chi connectivity index (χ0) is 12.8. The van der Waals surface area contributed by atoms with Crippen molar-refractivity contribution in [1.29, 1.82) is 0 Å². The number of fused-ring (bicyclic) bond motifs is 1. The van der Waals surface area contributed by atoms with Gasteiger partial charge in [0.1, 0.15) is 0 Å². The molecule has 0 radical (unpaired) electrons. The Morgan fingerprint density at radius 1 is 1.50 bits per heavy atom. The Morgan fingerprint density at radius 3 is 2.89 bits per heavy atom. The van der Waals surface area contributed by atoms with Gasteiger partial charge < -0.3 is 9.55 Å². The molecule has 0 aliphatic heterocycles. The Hall–Kier alpha value is -0.450. The van der Waals surface area contributed by atoms with Crippen molar-refractivity contribution < 1.29 is 0 Å². The van der Waals surface area contributed by atoms with Crippen LogP contribution in [0.15, 0.2) is 18.2 Å². The average Bonchev–Trinajstić information content (AvgIpc) is 2.62. The lowest BCUT2D eigenvalue weighted by Gasteiger charge is -2.40. The maximum absolute atomic E-state index is 6.20. The van der Waals surface area contributed by atoms with E-state index in [0.29, 0.717) is 4.75 Å². The lowest BCUT2D eigenvalue weighted by Crippen LogP contribution is -2.37. The molecule has 1 fully saturated rings. The number of benzene rings is 1. The van der Waals surface area contributed by atoms with Crippen molar-refractivity contribution in [2.45, 2.75) is 30.6 Å². The number of thioether (sulfide) groups is 1. The van der Waals surface area contributed by atoms with E-state index in [2.05, 4.69) is 21.9 Å². The van der Waals surface area contributed by atoms with Gasteiger partial charge in [-0.05, 0) is 43.4 Å². The van der Waals surface area contributed by atoms with Gasteiger partial charge in [-0.25, -0.2) is 0 Å². The molecule has 0 bridgehead atoms. The zero-order valence-electron chi connectivity index (χ0n) is 10.2. The molecule has 1 aliphatic carbocycles. The smallest absolute Gasteiger partial charge is 0.178 e. The number of imidazole rings is 1. The first-order valence-electron chi connectivity index (χ1n) is 6.07. The van der Waals surface area contributed by atoms with Crippen LogP contribution < -0.4 is 0 Å². The minimum absolute atomic E-state index is 0.371. The van der Waals surface area contributed by atoms with Crippen LogP contribution in [-0.4, -0.2) is 20.6 Å².